The number of alkyl halides is 3. The van der Waals surface area contributed by atoms with Crippen molar-refractivity contribution < 1.29 is 22.4 Å². The lowest BCUT2D eigenvalue weighted by atomic mass is 10.1. The second kappa shape index (κ2) is 7.32. The van der Waals surface area contributed by atoms with Crippen LogP contribution in [0.4, 0.5) is 17.6 Å². The minimum Gasteiger partial charge on any atom is -0.366 e. The molecule has 0 saturated heterocycles. The zero-order chi connectivity index (χ0) is 21.5. The minimum absolute atomic E-state index is 0.00465. The molecule has 0 atom stereocenters. The zero-order valence-corrected chi connectivity index (χ0v) is 15.3. The molecule has 1 saturated carbocycles. The summed E-state index contributed by atoms with van der Waals surface area (Å²) in [5, 5.41) is 4.11. The van der Waals surface area contributed by atoms with Crippen LogP contribution in [0.15, 0.2) is 36.9 Å². The van der Waals surface area contributed by atoms with Crippen molar-refractivity contribution in [2.24, 2.45) is 5.73 Å². The molecule has 4 rings (SSSR count). The molecule has 0 radical (unpaired) electrons. The fraction of sp³-hybridized carbons (Fsp3) is 0.211. The van der Waals surface area contributed by atoms with Crippen LogP contribution in [0.3, 0.4) is 0 Å². The lowest BCUT2D eigenvalue weighted by Gasteiger charge is -2.09. The lowest BCUT2D eigenvalue weighted by Crippen LogP contribution is -2.14. The molecule has 11 heteroatoms. The van der Waals surface area contributed by atoms with Gasteiger partial charge in [-0.1, -0.05) is 0 Å². The third-order valence-corrected chi connectivity index (χ3v) is 4.44. The zero-order valence-electron chi connectivity index (χ0n) is 15.3. The van der Waals surface area contributed by atoms with E-state index in [4.69, 9.17) is 5.73 Å². The first kappa shape index (κ1) is 19.7. The summed E-state index contributed by atoms with van der Waals surface area (Å²) in [6.45, 7) is 0. The van der Waals surface area contributed by atoms with Crippen molar-refractivity contribution in [1.29, 1.82) is 0 Å². The largest absolute Gasteiger partial charge is 0.433 e. The van der Waals surface area contributed by atoms with Crippen molar-refractivity contribution in [1.82, 2.24) is 24.7 Å². The summed E-state index contributed by atoms with van der Waals surface area (Å²) in [5.41, 5.74) is 4.87. The van der Waals surface area contributed by atoms with Crippen molar-refractivity contribution in [3.63, 3.8) is 0 Å². The average Bonchev–Trinajstić information content (AvgIpc) is 3.43. The standard InChI is InChI=1S/C19H14F4N6O/c20-13-3-12(6-25-7-13)14(17(24)30)8-29-9-26-18(28-29)11-4-15(10-1-2-10)27-16(5-11)19(21,22)23/h3-10H,1-2H2,(H2,24,30)/b14-8+. The number of primary amides is 1. The highest BCUT2D eigenvalue weighted by atomic mass is 19.4. The number of nitrogens with zero attached hydrogens (tertiary/aromatic N) is 5. The Hall–Kier alpha value is -3.63. The van der Waals surface area contributed by atoms with Crippen LogP contribution in [0.5, 0.6) is 0 Å². The first-order valence-electron chi connectivity index (χ1n) is 8.84. The van der Waals surface area contributed by atoms with Crippen LogP contribution in [0.1, 0.15) is 35.7 Å². The number of nitrogens with two attached hydrogens (primary N) is 1. The first-order valence-corrected chi connectivity index (χ1v) is 8.84. The van der Waals surface area contributed by atoms with Crippen molar-refractivity contribution in [3.05, 3.63) is 59.7 Å². The van der Waals surface area contributed by atoms with E-state index in [0.29, 0.717) is 5.69 Å². The van der Waals surface area contributed by atoms with Crippen molar-refractivity contribution in [3.8, 4) is 11.4 Å². The molecule has 154 valence electrons. The summed E-state index contributed by atoms with van der Waals surface area (Å²) in [4.78, 5) is 23.2. The topological polar surface area (TPSA) is 99.6 Å². The van der Waals surface area contributed by atoms with E-state index in [-0.39, 0.29) is 28.4 Å². The Balaban J connectivity index is 1.72. The normalized spacial score (nSPS) is 14.7. The highest BCUT2D eigenvalue weighted by Gasteiger charge is 2.35. The summed E-state index contributed by atoms with van der Waals surface area (Å²) in [6.07, 6.45) is 1.57. The first-order chi connectivity index (χ1) is 14.2. The second-order valence-corrected chi connectivity index (χ2v) is 6.79. The van der Waals surface area contributed by atoms with E-state index in [9.17, 15) is 22.4 Å². The van der Waals surface area contributed by atoms with Gasteiger partial charge in [0.2, 0.25) is 0 Å². The Morgan fingerprint density at radius 1 is 1.20 bits per heavy atom. The predicted molar refractivity (Wildman–Crippen MR) is 97.8 cm³/mol. The molecule has 3 aromatic heterocycles. The molecule has 1 aliphatic rings. The van der Waals surface area contributed by atoms with Gasteiger partial charge in [-0.05, 0) is 31.0 Å². The highest BCUT2D eigenvalue weighted by Crippen LogP contribution is 2.41. The van der Waals surface area contributed by atoms with Gasteiger partial charge >= 0.3 is 6.18 Å². The Labute approximate surface area is 167 Å². The summed E-state index contributed by atoms with van der Waals surface area (Å²) in [7, 11) is 0. The number of pyridine rings is 2. The molecule has 30 heavy (non-hydrogen) atoms. The monoisotopic (exact) mass is 418 g/mol. The van der Waals surface area contributed by atoms with Crippen molar-refractivity contribution in [2.75, 3.05) is 0 Å². The fourth-order valence-electron chi connectivity index (χ4n) is 2.86. The maximum Gasteiger partial charge on any atom is 0.433 e. The van der Waals surface area contributed by atoms with Gasteiger partial charge in [0.05, 0.1) is 11.8 Å². The fourth-order valence-corrected chi connectivity index (χ4v) is 2.86. The SMILES string of the molecule is NC(=O)/C(=C/n1cnc(-c2cc(C3CC3)nc(C(F)(F)F)c2)n1)c1cncc(F)c1. The Bertz CT molecular complexity index is 1150. The molecule has 0 aromatic carbocycles. The highest BCUT2D eigenvalue weighted by molar-refractivity contribution is 6.22. The van der Waals surface area contributed by atoms with E-state index in [0.717, 1.165) is 35.9 Å². The smallest absolute Gasteiger partial charge is 0.366 e. The maximum absolute atomic E-state index is 13.4. The molecule has 3 heterocycles. The second-order valence-electron chi connectivity index (χ2n) is 6.79. The van der Waals surface area contributed by atoms with Crippen LogP contribution >= 0.6 is 0 Å². The number of hydrogen-bond acceptors (Lipinski definition) is 5. The van der Waals surface area contributed by atoms with Gasteiger partial charge in [-0.2, -0.15) is 13.2 Å². The van der Waals surface area contributed by atoms with Crippen LogP contribution in [0, 0.1) is 5.82 Å². The van der Waals surface area contributed by atoms with Gasteiger partial charge in [-0.15, -0.1) is 5.10 Å². The van der Waals surface area contributed by atoms with E-state index in [1.54, 1.807) is 0 Å². The summed E-state index contributed by atoms with van der Waals surface area (Å²) < 4.78 is 54.2. The molecule has 0 bridgehead atoms. The number of halogens is 4. The van der Waals surface area contributed by atoms with Crippen LogP contribution < -0.4 is 5.73 Å². The molecule has 2 N–H and O–H groups in total. The predicted octanol–water partition coefficient (Wildman–Crippen LogP) is 3.25. The van der Waals surface area contributed by atoms with E-state index < -0.39 is 23.6 Å². The summed E-state index contributed by atoms with van der Waals surface area (Å²) in [6, 6.07) is 3.48. The number of carbonyl (C=O) groups excluding carboxylic acids is 1. The van der Waals surface area contributed by atoms with E-state index >= 15 is 0 Å². The molecule has 1 aliphatic carbocycles. The maximum atomic E-state index is 13.4. The average molecular weight is 418 g/mol. The number of hydrogen-bond donors (Lipinski definition) is 1. The van der Waals surface area contributed by atoms with E-state index in [1.165, 1.54) is 24.8 Å². The number of aromatic nitrogens is 5. The van der Waals surface area contributed by atoms with Gasteiger partial charge < -0.3 is 5.73 Å². The molecule has 0 spiro atoms. The molecule has 1 fully saturated rings. The van der Waals surface area contributed by atoms with Gasteiger partial charge in [0.15, 0.2) is 5.82 Å². The molecule has 3 aromatic rings. The van der Waals surface area contributed by atoms with Gasteiger partial charge in [0.1, 0.15) is 17.8 Å². The minimum atomic E-state index is -4.61. The van der Waals surface area contributed by atoms with E-state index in [1.807, 2.05) is 0 Å². The van der Waals surface area contributed by atoms with Gasteiger partial charge in [-0.3, -0.25) is 9.78 Å². The third kappa shape index (κ3) is 4.19. The van der Waals surface area contributed by atoms with Crippen LogP contribution in [-0.4, -0.2) is 30.6 Å². The van der Waals surface area contributed by atoms with E-state index in [2.05, 4.69) is 20.1 Å². The van der Waals surface area contributed by atoms with Gasteiger partial charge in [0, 0.05) is 35.1 Å². The van der Waals surface area contributed by atoms with Gasteiger partial charge in [0.25, 0.3) is 5.91 Å². The summed E-state index contributed by atoms with van der Waals surface area (Å²) >= 11 is 0. The third-order valence-electron chi connectivity index (χ3n) is 4.44. The summed E-state index contributed by atoms with van der Waals surface area (Å²) in [5.74, 6) is -1.51. The molecule has 1 amide bonds. The molecular formula is C19H14F4N6O. The van der Waals surface area contributed by atoms with Crippen molar-refractivity contribution >= 4 is 17.7 Å². The molecular weight excluding hydrogens is 404 g/mol. The molecule has 0 aliphatic heterocycles. The number of carbonyl (C=O) groups is 1. The quantitative estimate of drug-likeness (QED) is 0.507. The Kier molecular flexibility index (Phi) is 4.80. The molecule has 7 nitrogen and oxygen atoms in total. The Morgan fingerprint density at radius 2 is 1.97 bits per heavy atom. The molecule has 0 unspecified atom stereocenters. The lowest BCUT2D eigenvalue weighted by molar-refractivity contribution is -0.141. The number of amides is 1. The van der Waals surface area contributed by atoms with Crippen LogP contribution in [-0.2, 0) is 11.0 Å². The van der Waals surface area contributed by atoms with Crippen molar-refractivity contribution in [2.45, 2.75) is 24.9 Å². The Morgan fingerprint density at radius 3 is 2.60 bits per heavy atom. The number of rotatable bonds is 5. The van der Waals surface area contributed by atoms with Gasteiger partial charge in [-0.25, -0.2) is 19.0 Å². The van der Waals surface area contributed by atoms with Crippen LogP contribution in [0.2, 0.25) is 0 Å². The van der Waals surface area contributed by atoms with Crippen LogP contribution in [0.25, 0.3) is 23.2 Å².